The van der Waals surface area contributed by atoms with Crippen LogP contribution in [0.3, 0.4) is 0 Å². The van der Waals surface area contributed by atoms with E-state index >= 15 is 0 Å². The molecule has 0 radical (unpaired) electrons. The molecular weight excluding hydrogens is 412 g/mol. The van der Waals surface area contributed by atoms with Crippen LogP contribution in [0.15, 0.2) is 58.7 Å². The van der Waals surface area contributed by atoms with Gasteiger partial charge in [-0.25, -0.2) is 0 Å². The highest BCUT2D eigenvalue weighted by Crippen LogP contribution is 2.21. The minimum Gasteiger partial charge on any atom is -0.466 e. The summed E-state index contributed by atoms with van der Waals surface area (Å²) >= 11 is 0. The van der Waals surface area contributed by atoms with Gasteiger partial charge in [0.1, 0.15) is 5.78 Å². The van der Waals surface area contributed by atoms with Crippen molar-refractivity contribution in [3.8, 4) is 0 Å². The zero-order chi connectivity index (χ0) is 25.0. The topological polar surface area (TPSA) is 68.1 Å². The van der Waals surface area contributed by atoms with Gasteiger partial charge in [0.25, 0.3) is 0 Å². The molecule has 0 aromatic heterocycles. The summed E-state index contributed by atoms with van der Waals surface area (Å²) in [4.78, 5) is 31.5. The molecule has 1 aromatic rings. The van der Waals surface area contributed by atoms with Gasteiger partial charge < -0.3 is 4.74 Å². The van der Waals surface area contributed by atoms with Crippen molar-refractivity contribution in [1.29, 1.82) is 0 Å². The first-order chi connectivity index (χ1) is 15.6. The molecule has 1 aromatic carbocycles. The van der Waals surface area contributed by atoms with E-state index in [0.717, 1.165) is 45.7 Å². The van der Waals surface area contributed by atoms with Gasteiger partial charge in [-0.05, 0) is 67.9 Å². The molecule has 0 aliphatic rings. The predicted molar refractivity (Wildman–Crippen MR) is 139 cm³/mol. The molecule has 178 valence electrons. The highest BCUT2D eigenvalue weighted by atomic mass is 16.5. The molecule has 5 heteroatoms. The standard InChI is InChI=1S/C28H38N2O3/c1-9-25(27-11-10-26(17-22(5)31)20(3)15-27)18-30-21(4)16-28(23(6)29-8)14-19(2)12-13-33-24(7)32/h9-11,14-15,18-19H,1,12-13,16-17H2,2-8H3/b25-18+,28-14-,29-23?,30-21?. The van der Waals surface area contributed by atoms with E-state index in [9.17, 15) is 9.59 Å². The molecule has 0 amide bonds. The van der Waals surface area contributed by atoms with E-state index in [1.165, 1.54) is 6.92 Å². The van der Waals surface area contributed by atoms with Gasteiger partial charge in [-0.3, -0.25) is 19.6 Å². The minimum atomic E-state index is -0.255. The van der Waals surface area contributed by atoms with Crippen molar-refractivity contribution in [2.75, 3.05) is 13.7 Å². The van der Waals surface area contributed by atoms with Gasteiger partial charge in [-0.2, -0.15) is 0 Å². The Hall–Kier alpha value is -3.08. The van der Waals surface area contributed by atoms with E-state index in [4.69, 9.17) is 4.74 Å². The lowest BCUT2D eigenvalue weighted by Gasteiger charge is -2.12. The van der Waals surface area contributed by atoms with Gasteiger partial charge in [-0.15, -0.1) is 0 Å². The van der Waals surface area contributed by atoms with Gasteiger partial charge >= 0.3 is 5.97 Å². The second-order valence-corrected chi connectivity index (χ2v) is 8.46. The monoisotopic (exact) mass is 450 g/mol. The number of rotatable bonds is 12. The Morgan fingerprint density at radius 2 is 1.88 bits per heavy atom. The smallest absolute Gasteiger partial charge is 0.302 e. The number of hydrogen-bond acceptors (Lipinski definition) is 5. The molecule has 0 heterocycles. The third-order valence-electron chi connectivity index (χ3n) is 5.37. The van der Waals surface area contributed by atoms with Crippen LogP contribution in [0, 0.1) is 12.8 Å². The lowest BCUT2D eigenvalue weighted by molar-refractivity contribution is -0.141. The van der Waals surface area contributed by atoms with Crippen LogP contribution in [0.1, 0.15) is 64.2 Å². The van der Waals surface area contributed by atoms with E-state index in [-0.39, 0.29) is 17.7 Å². The van der Waals surface area contributed by atoms with E-state index < -0.39 is 0 Å². The molecular formula is C28H38N2O3. The molecule has 33 heavy (non-hydrogen) atoms. The fourth-order valence-corrected chi connectivity index (χ4v) is 3.35. The Morgan fingerprint density at radius 1 is 1.18 bits per heavy atom. The number of hydrogen-bond donors (Lipinski definition) is 0. The number of benzene rings is 1. The largest absolute Gasteiger partial charge is 0.466 e. The first-order valence-electron chi connectivity index (χ1n) is 11.3. The van der Waals surface area contributed by atoms with Gasteiger partial charge in [0, 0.05) is 44.4 Å². The zero-order valence-electron chi connectivity index (χ0n) is 21.2. The molecule has 5 nitrogen and oxygen atoms in total. The summed E-state index contributed by atoms with van der Waals surface area (Å²) in [7, 11) is 1.78. The van der Waals surface area contributed by atoms with Crippen molar-refractivity contribution in [3.05, 3.63) is 65.4 Å². The van der Waals surface area contributed by atoms with Crippen molar-refractivity contribution >= 4 is 28.7 Å². The SMILES string of the molecule is C=C/C(=C\N=C(C)C/C(=C/C(C)CCOC(C)=O)C(C)=NC)c1ccc(CC(C)=O)c(C)c1. The van der Waals surface area contributed by atoms with Gasteiger partial charge in [0.2, 0.25) is 0 Å². The summed E-state index contributed by atoms with van der Waals surface area (Å²) in [6.45, 7) is 15.5. The molecule has 0 N–H and O–H groups in total. The fourth-order valence-electron chi connectivity index (χ4n) is 3.35. The van der Waals surface area contributed by atoms with E-state index in [1.54, 1.807) is 20.0 Å². The number of nitrogens with zero attached hydrogens (tertiary/aromatic N) is 2. The molecule has 0 aliphatic heterocycles. The molecule has 0 aliphatic carbocycles. The average molecular weight is 451 g/mol. The molecule has 0 bridgehead atoms. The van der Waals surface area contributed by atoms with Crippen LogP contribution in [-0.2, 0) is 20.7 Å². The molecule has 0 saturated carbocycles. The highest BCUT2D eigenvalue weighted by molar-refractivity contribution is 6.03. The maximum atomic E-state index is 11.4. The molecule has 1 unspecified atom stereocenters. The first-order valence-corrected chi connectivity index (χ1v) is 11.3. The predicted octanol–water partition coefficient (Wildman–Crippen LogP) is 6.11. The number of aliphatic imine (C=N–C) groups is 2. The van der Waals surface area contributed by atoms with Crippen LogP contribution >= 0.6 is 0 Å². The number of esters is 1. The molecule has 0 saturated heterocycles. The van der Waals surface area contributed by atoms with Crippen molar-refractivity contribution in [1.82, 2.24) is 0 Å². The van der Waals surface area contributed by atoms with Crippen LogP contribution in [0.2, 0.25) is 0 Å². The van der Waals surface area contributed by atoms with Crippen LogP contribution in [0.4, 0.5) is 0 Å². The Balaban J connectivity index is 3.04. The Bertz CT molecular complexity index is 981. The van der Waals surface area contributed by atoms with E-state index in [2.05, 4.69) is 35.6 Å². The number of allylic oxidation sites excluding steroid dienone is 4. The summed E-state index contributed by atoms with van der Waals surface area (Å²) in [6.07, 6.45) is 7.70. The second-order valence-electron chi connectivity index (χ2n) is 8.46. The summed E-state index contributed by atoms with van der Waals surface area (Å²) in [6, 6.07) is 6.08. The number of ketones is 1. The van der Waals surface area contributed by atoms with Gasteiger partial charge in [0.15, 0.2) is 0 Å². The van der Waals surface area contributed by atoms with Gasteiger partial charge in [-0.1, -0.05) is 43.9 Å². The molecule has 0 spiro atoms. The third-order valence-corrected chi connectivity index (χ3v) is 5.37. The molecule has 1 rings (SSSR count). The number of Topliss-reactive ketones (excluding diaryl/α,β-unsaturated/α-hetero) is 1. The van der Waals surface area contributed by atoms with Gasteiger partial charge in [0.05, 0.1) is 6.61 Å². The molecule has 1 atom stereocenters. The van der Waals surface area contributed by atoms with Crippen LogP contribution < -0.4 is 0 Å². The third kappa shape index (κ3) is 10.4. The first kappa shape index (κ1) is 28.0. The van der Waals surface area contributed by atoms with Crippen LogP contribution in [0.5, 0.6) is 0 Å². The number of carbonyl (C=O) groups is 2. The quantitative estimate of drug-likeness (QED) is 0.219. The zero-order valence-corrected chi connectivity index (χ0v) is 21.2. The molecule has 0 fully saturated rings. The van der Waals surface area contributed by atoms with Crippen LogP contribution in [-0.4, -0.2) is 36.8 Å². The maximum Gasteiger partial charge on any atom is 0.302 e. The minimum absolute atomic E-state index is 0.154. The Morgan fingerprint density at radius 3 is 2.42 bits per heavy atom. The lowest BCUT2D eigenvalue weighted by Crippen LogP contribution is -2.08. The fraction of sp³-hybridized carbons (Fsp3) is 0.429. The summed E-state index contributed by atoms with van der Waals surface area (Å²) in [5.41, 5.74) is 7.11. The van der Waals surface area contributed by atoms with E-state index in [1.807, 2.05) is 39.1 Å². The van der Waals surface area contributed by atoms with E-state index in [0.29, 0.717) is 19.4 Å². The Labute approximate surface area is 199 Å². The number of ether oxygens (including phenoxy) is 1. The van der Waals surface area contributed by atoms with Crippen LogP contribution in [0.25, 0.3) is 5.57 Å². The van der Waals surface area contributed by atoms with Crippen molar-refractivity contribution in [2.45, 2.75) is 60.8 Å². The number of carbonyl (C=O) groups excluding carboxylic acids is 2. The second kappa shape index (κ2) is 14.1. The Kier molecular flexibility index (Phi) is 12.0. The normalized spacial score (nSPS) is 14.2. The maximum absolute atomic E-state index is 11.4. The average Bonchev–Trinajstić information content (AvgIpc) is 2.74. The number of aryl methyl sites for hydroxylation is 1. The summed E-state index contributed by atoms with van der Waals surface area (Å²) < 4.78 is 5.06. The van der Waals surface area contributed by atoms with Crippen molar-refractivity contribution in [3.63, 3.8) is 0 Å². The lowest BCUT2D eigenvalue weighted by atomic mass is 9.97. The summed E-state index contributed by atoms with van der Waals surface area (Å²) in [5, 5.41) is 0. The summed E-state index contributed by atoms with van der Waals surface area (Å²) in [5.74, 6) is 0.148. The van der Waals surface area contributed by atoms with Crippen molar-refractivity contribution in [2.24, 2.45) is 15.9 Å². The highest BCUT2D eigenvalue weighted by Gasteiger charge is 2.09. The van der Waals surface area contributed by atoms with Crippen molar-refractivity contribution < 1.29 is 14.3 Å².